The number of amides is 1. The molecule has 1 unspecified atom stereocenters. The molecule has 0 aliphatic carbocycles. The molecule has 0 aromatic heterocycles. The van der Waals surface area contributed by atoms with Gasteiger partial charge in [0.2, 0.25) is 15.9 Å². The van der Waals surface area contributed by atoms with Crippen LogP contribution < -0.4 is 10.0 Å². The highest BCUT2D eigenvalue weighted by atomic mass is 35.5. The molecule has 29 heavy (non-hydrogen) atoms. The van der Waals surface area contributed by atoms with Gasteiger partial charge in [-0.1, -0.05) is 61.8 Å². The van der Waals surface area contributed by atoms with E-state index in [0.29, 0.717) is 11.6 Å². The molecule has 0 spiro atoms. The third kappa shape index (κ3) is 6.27. The Morgan fingerprint density at radius 3 is 2.21 bits per heavy atom. The molecule has 0 radical (unpaired) electrons. The fourth-order valence-electron chi connectivity index (χ4n) is 3.15. The Bertz CT molecular complexity index is 902. The zero-order valence-electron chi connectivity index (χ0n) is 16.9. The zero-order chi connectivity index (χ0) is 21.4. The van der Waals surface area contributed by atoms with E-state index in [0.717, 1.165) is 18.7 Å². The normalized spacial score (nSPS) is 13.8. The van der Waals surface area contributed by atoms with E-state index in [9.17, 15) is 13.2 Å². The third-order valence-corrected chi connectivity index (χ3v) is 6.67. The van der Waals surface area contributed by atoms with E-state index in [4.69, 9.17) is 11.6 Å². The van der Waals surface area contributed by atoms with E-state index in [1.165, 1.54) is 19.1 Å². The van der Waals surface area contributed by atoms with Crippen LogP contribution in [0.3, 0.4) is 0 Å². The number of carbonyl (C=O) groups is 1. The van der Waals surface area contributed by atoms with E-state index in [2.05, 4.69) is 14.9 Å². The molecule has 158 valence electrons. The molecule has 8 heteroatoms. The first-order chi connectivity index (χ1) is 13.8. The summed E-state index contributed by atoms with van der Waals surface area (Å²) in [4.78, 5) is 14.9. The van der Waals surface area contributed by atoms with Crippen LogP contribution in [0.25, 0.3) is 0 Å². The van der Waals surface area contributed by atoms with Gasteiger partial charge in [0.1, 0.15) is 0 Å². The highest BCUT2D eigenvalue weighted by Gasteiger charge is 2.25. The number of likely N-dealkylation sites (N-methyl/N-ethyl adjacent to an activating group) is 1. The maximum Gasteiger partial charge on any atom is 0.241 e. The van der Waals surface area contributed by atoms with Gasteiger partial charge in [0.05, 0.1) is 17.0 Å². The van der Waals surface area contributed by atoms with Gasteiger partial charge in [-0.05, 0) is 43.8 Å². The molecule has 0 aliphatic heterocycles. The van der Waals surface area contributed by atoms with Crippen molar-refractivity contribution < 1.29 is 13.2 Å². The second-order valence-electron chi connectivity index (χ2n) is 6.66. The lowest BCUT2D eigenvalue weighted by Gasteiger charge is -2.31. The monoisotopic (exact) mass is 437 g/mol. The fourth-order valence-corrected chi connectivity index (χ4v) is 4.64. The molecule has 6 nitrogen and oxygen atoms in total. The lowest BCUT2D eigenvalue weighted by molar-refractivity contribution is -0.122. The van der Waals surface area contributed by atoms with Crippen molar-refractivity contribution in [2.24, 2.45) is 0 Å². The Balaban J connectivity index is 2.08. The van der Waals surface area contributed by atoms with Crippen molar-refractivity contribution in [2.75, 3.05) is 19.6 Å². The molecule has 2 rings (SSSR count). The van der Waals surface area contributed by atoms with Crippen molar-refractivity contribution in [3.63, 3.8) is 0 Å². The van der Waals surface area contributed by atoms with Crippen molar-refractivity contribution in [2.45, 2.75) is 37.8 Å². The molecule has 2 N–H and O–H groups in total. The number of sulfonamides is 1. The average Bonchev–Trinajstić information content (AvgIpc) is 2.72. The van der Waals surface area contributed by atoms with Crippen LogP contribution in [0.4, 0.5) is 0 Å². The minimum atomic E-state index is -3.77. The molecular weight excluding hydrogens is 410 g/mol. The second-order valence-corrected chi connectivity index (χ2v) is 8.78. The summed E-state index contributed by atoms with van der Waals surface area (Å²) in [6.45, 7) is 7.52. The van der Waals surface area contributed by atoms with Crippen LogP contribution in [-0.4, -0.2) is 44.9 Å². The standard InChI is InChI=1S/C21H28ClN3O3S/c1-4-25(5-2)20(18-13-9-10-14-19(18)22)15-23-21(26)16(3)24-29(27,28)17-11-7-6-8-12-17/h6-14,16,20,24H,4-5,15H2,1-3H3,(H,23,26)/t16-,20?/m0/s1. The first-order valence-corrected chi connectivity index (χ1v) is 11.5. The molecule has 2 aromatic carbocycles. The van der Waals surface area contributed by atoms with E-state index >= 15 is 0 Å². The summed E-state index contributed by atoms with van der Waals surface area (Å²) in [6.07, 6.45) is 0. The number of rotatable bonds is 10. The lowest BCUT2D eigenvalue weighted by Crippen LogP contribution is -2.47. The number of hydrogen-bond donors (Lipinski definition) is 2. The molecule has 0 heterocycles. The molecule has 0 aliphatic rings. The SMILES string of the molecule is CCN(CC)C(CNC(=O)[C@H](C)NS(=O)(=O)c1ccccc1)c1ccccc1Cl. The minimum Gasteiger partial charge on any atom is -0.353 e. The zero-order valence-corrected chi connectivity index (χ0v) is 18.5. The van der Waals surface area contributed by atoms with Gasteiger partial charge in [-0.2, -0.15) is 4.72 Å². The fraction of sp³-hybridized carbons (Fsp3) is 0.381. The van der Waals surface area contributed by atoms with Crippen LogP contribution in [0, 0.1) is 0 Å². The van der Waals surface area contributed by atoms with Crippen LogP contribution in [0.2, 0.25) is 5.02 Å². The summed E-state index contributed by atoms with van der Waals surface area (Å²) in [6, 6.07) is 14.5. The van der Waals surface area contributed by atoms with Gasteiger partial charge in [-0.3, -0.25) is 9.69 Å². The molecule has 1 amide bonds. The summed E-state index contributed by atoms with van der Waals surface area (Å²) >= 11 is 6.38. The predicted octanol–water partition coefficient (Wildman–Crippen LogP) is 3.21. The number of carbonyl (C=O) groups excluding carboxylic acids is 1. The Kier molecular flexibility index (Phi) is 8.64. The number of halogens is 1. The molecular formula is C21H28ClN3O3S. The van der Waals surface area contributed by atoms with Gasteiger partial charge < -0.3 is 5.32 Å². The van der Waals surface area contributed by atoms with Crippen LogP contribution in [0.5, 0.6) is 0 Å². The van der Waals surface area contributed by atoms with Gasteiger partial charge in [-0.15, -0.1) is 0 Å². The van der Waals surface area contributed by atoms with E-state index in [-0.39, 0.29) is 10.9 Å². The summed E-state index contributed by atoms with van der Waals surface area (Å²) in [5, 5.41) is 3.50. The number of nitrogens with one attached hydrogen (secondary N) is 2. The summed E-state index contributed by atoms with van der Waals surface area (Å²) < 4.78 is 27.3. The first kappa shape index (κ1) is 23.3. The highest BCUT2D eigenvalue weighted by Crippen LogP contribution is 2.27. The van der Waals surface area contributed by atoms with Gasteiger partial charge >= 0.3 is 0 Å². The molecule has 0 saturated heterocycles. The van der Waals surface area contributed by atoms with Crippen molar-refractivity contribution in [1.29, 1.82) is 0 Å². The van der Waals surface area contributed by atoms with Crippen molar-refractivity contribution in [3.8, 4) is 0 Å². The number of nitrogens with zero attached hydrogens (tertiary/aromatic N) is 1. The van der Waals surface area contributed by atoms with Crippen LogP contribution in [0.15, 0.2) is 59.5 Å². The van der Waals surface area contributed by atoms with Crippen molar-refractivity contribution in [3.05, 3.63) is 65.2 Å². The van der Waals surface area contributed by atoms with Gasteiger partial charge in [0.25, 0.3) is 0 Å². The molecule has 0 fully saturated rings. The van der Waals surface area contributed by atoms with E-state index in [1.54, 1.807) is 18.2 Å². The lowest BCUT2D eigenvalue weighted by atomic mass is 10.0. The maximum atomic E-state index is 12.6. The van der Waals surface area contributed by atoms with Crippen molar-refractivity contribution in [1.82, 2.24) is 14.9 Å². The number of hydrogen-bond acceptors (Lipinski definition) is 4. The predicted molar refractivity (Wildman–Crippen MR) is 116 cm³/mol. The topological polar surface area (TPSA) is 78.5 Å². The van der Waals surface area contributed by atoms with Crippen molar-refractivity contribution >= 4 is 27.5 Å². The maximum absolute atomic E-state index is 12.6. The minimum absolute atomic E-state index is 0.111. The summed E-state index contributed by atoms with van der Waals surface area (Å²) in [5.74, 6) is -0.395. The van der Waals surface area contributed by atoms with Crippen LogP contribution in [-0.2, 0) is 14.8 Å². The molecule has 2 aromatic rings. The smallest absolute Gasteiger partial charge is 0.241 e. The Morgan fingerprint density at radius 1 is 1.03 bits per heavy atom. The Labute approximate surface area is 178 Å². The summed E-state index contributed by atoms with van der Waals surface area (Å²) in [5.41, 5.74) is 0.927. The largest absolute Gasteiger partial charge is 0.353 e. The summed E-state index contributed by atoms with van der Waals surface area (Å²) in [7, 11) is -3.77. The molecule has 0 bridgehead atoms. The van der Waals surface area contributed by atoms with Crippen LogP contribution >= 0.6 is 11.6 Å². The Hall–Kier alpha value is -1.93. The highest BCUT2D eigenvalue weighted by molar-refractivity contribution is 7.89. The van der Waals surface area contributed by atoms with E-state index < -0.39 is 22.0 Å². The molecule has 0 saturated carbocycles. The van der Waals surface area contributed by atoms with Gasteiger partial charge in [-0.25, -0.2) is 8.42 Å². The average molecular weight is 438 g/mol. The van der Waals surface area contributed by atoms with Crippen LogP contribution in [0.1, 0.15) is 32.4 Å². The quantitative estimate of drug-likeness (QED) is 0.598. The second kappa shape index (κ2) is 10.7. The van der Waals surface area contributed by atoms with Gasteiger partial charge in [0, 0.05) is 11.6 Å². The molecule has 2 atom stereocenters. The van der Waals surface area contributed by atoms with E-state index in [1.807, 2.05) is 38.1 Å². The van der Waals surface area contributed by atoms with Gasteiger partial charge in [0.15, 0.2) is 0 Å². The number of benzene rings is 2. The Morgan fingerprint density at radius 2 is 1.62 bits per heavy atom. The third-order valence-electron chi connectivity index (χ3n) is 4.77. The first-order valence-electron chi connectivity index (χ1n) is 9.63.